The molecular formula is C16H17FN2O4S. The molecule has 0 saturated heterocycles. The van der Waals surface area contributed by atoms with Crippen LogP contribution in [0.25, 0.3) is 0 Å². The molecule has 8 heteroatoms. The molecule has 0 spiro atoms. The topological polar surface area (TPSA) is 84.5 Å². The number of benzene rings is 2. The van der Waals surface area contributed by atoms with Gasteiger partial charge in [0.05, 0.1) is 11.3 Å². The monoisotopic (exact) mass is 352 g/mol. The molecule has 0 radical (unpaired) electrons. The Bertz CT molecular complexity index is 807. The predicted molar refractivity (Wildman–Crippen MR) is 89.1 cm³/mol. The number of ether oxygens (including phenoxy) is 1. The highest BCUT2D eigenvalue weighted by atomic mass is 32.2. The molecule has 0 bridgehead atoms. The van der Waals surface area contributed by atoms with Crippen molar-refractivity contribution in [2.24, 2.45) is 0 Å². The quantitative estimate of drug-likeness (QED) is 0.798. The number of anilines is 1. The van der Waals surface area contributed by atoms with Crippen molar-refractivity contribution in [1.82, 2.24) is 5.32 Å². The molecule has 0 aliphatic carbocycles. The smallest absolute Gasteiger partial charge is 0.253 e. The van der Waals surface area contributed by atoms with E-state index in [1.807, 2.05) is 0 Å². The number of amides is 1. The molecule has 2 N–H and O–H groups in total. The van der Waals surface area contributed by atoms with E-state index in [9.17, 15) is 17.6 Å². The van der Waals surface area contributed by atoms with Crippen LogP contribution in [0.5, 0.6) is 5.75 Å². The maximum atomic E-state index is 12.8. The van der Waals surface area contributed by atoms with Gasteiger partial charge in [-0.15, -0.1) is 0 Å². The first kappa shape index (κ1) is 17.7. The first-order chi connectivity index (χ1) is 11.4. The summed E-state index contributed by atoms with van der Waals surface area (Å²) in [6.07, 6.45) is 0. The summed E-state index contributed by atoms with van der Waals surface area (Å²) in [5.41, 5.74) is 0.418. The van der Waals surface area contributed by atoms with Gasteiger partial charge in [0.15, 0.2) is 0 Å². The summed E-state index contributed by atoms with van der Waals surface area (Å²) >= 11 is 0. The van der Waals surface area contributed by atoms with Crippen molar-refractivity contribution in [2.75, 3.05) is 24.1 Å². The average Bonchev–Trinajstić information content (AvgIpc) is 2.56. The summed E-state index contributed by atoms with van der Waals surface area (Å²) in [5, 5.41) is 2.45. The van der Waals surface area contributed by atoms with Gasteiger partial charge in [0.25, 0.3) is 5.91 Å². The van der Waals surface area contributed by atoms with Crippen molar-refractivity contribution < 1.29 is 22.3 Å². The number of nitrogens with one attached hydrogen (secondary N) is 2. The largest absolute Gasteiger partial charge is 0.492 e. The minimum Gasteiger partial charge on any atom is -0.492 e. The molecule has 0 unspecified atom stereocenters. The van der Waals surface area contributed by atoms with Crippen LogP contribution in [0.1, 0.15) is 10.4 Å². The highest BCUT2D eigenvalue weighted by Gasteiger charge is 2.16. The standard InChI is InChI=1S/C16H17FN2O4S/c1-18-16(20)14-4-2-3-5-15(14)19-24(21,22)11-10-23-13-8-6-12(17)7-9-13/h2-9,19H,10-11H2,1H3,(H,18,20). The van der Waals surface area contributed by atoms with E-state index in [0.29, 0.717) is 5.75 Å². The summed E-state index contributed by atoms with van der Waals surface area (Å²) in [7, 11) is -2.24. The highest BCUT2D eigenvalue weighted by Crippen LogP contribution is 2.17. The normalized spacial score (nSPS) is 10.9. The van der Waals surface area contributed by atoms with Crippen LogP contribution in [0.15, 0.2) is 48.5 Å². The molecule has 0 atom stereocenters. The van der Waals surface area contributed by atoms with Crippen molar-refractivity contribution in [1.29, 1.82) is 0 Å². The first-order valence-corrected chi connectivity index (χ1v) is 8.76. The maximum absolute atomic E-state index is 12.8. The Hall–Kier alpha value is -2.61. The second kappa shape index (κ2) is 7.78. The number of para-hydroxylation sites is 1. The third-order valence-electron chi connectivity index (χ3n) is 3.10. The average molecular weight is 352 g/mol. The maximum Gasteiger partial charge on any atom is 0.253 e. The van der Waals surface area contributed by atoms with Crippen molar-refractivity contribution in [3.05, 3.63) is 59.9 Å². The van der Waals surface area contributed by atoms with E-state index in [-0.39, 0.29) is 23.6 Å². The van der Waals surface area contributed by atoms with Crippen LogP contribution >= 0.6 is 0 Å². The summed E-state index contributed by atoms with van der Waals surface area (Å²) in [6, 6.07) is 11.6. The van der Waals surface area contributed by atoms with E-state index in [1.165, 1.54) is 43.4 Å². The molecule has 0 aliphatic heterocycles. The summed E-state index contributed by atoms with van der Waals surface area (Å²) in [5.74, 6) is -0.734. The SMILES string of the molecule is CNC(=O)c1ccccc1NS(=O)(=O)CCOc1ccc(F)cc1. The highest BCUT2D eigenvalue weighted by molar-refractivity contribution is 7.92. The Morgan fingerprint density at radius 3 is 2.46 bits per heavy atom. The number of rotatable bonds is 7. The predicted octanol–water partition coefficient (Wildman–Crippen LogP) is 2.01. The fourth-order valence-corrected chi connectivity index (χ4v) is 2.84. The zero-order valence-electron chi connectivity index (χ0n) is 13.0. The lowest BCUT2D eigenvalue weighted by Gasteiger charge is -2.12. The third kappa shape index (κ3) is 4.95. The lowest BCUT2D eigenvalue weighted by atomic mass is 10.2. The van der Waals surface area contributed by atoms with Crippen molar-refractivity contribution in [3.8, 4) is 5.75 Å². The van der Waals surface area contributed by atoms with E-state index in [1.54, 1.807) is 12.1 Å². The lowest BCUT2D eigenvalue weighted by Crippen LogP contribution is -2.24. The molecule has 0 aliphatic rings. The fraction of sp³-hybridized carbons (Fsp3) is 0.188. The molecule has 2 rings (SSSR count). The van der Waals surface area contributed by atoms with Gasteiger partial charge in [-0.3, -0.25) is 9.52 Å². The van der Waals surface area contributed by atoms with Gasteiger partial charge in [-0.2, -0.15) is 0 Å². The van der Waals surface area contributed by atoms with E-state index >= 15 is 0 Å². The Kier molecular flexibility index (Phi) is 5.75. The summed E-state index contributed by atoms with van der Waals surface area (Å²) in [6.45, 7) is -0.108. The van der Waals surface area contributed by atoms with Crippen LogP contribution in [-0.4, -0.2) is 33.7 Å². The number of sulfonamides is 1. The molecule has 1 amide bonds. The molecule has 2 aromatic carbocycles. The number of hydrogen-bond acceptors (Lipinski definition) is 4. The first-order valence-electron chi connectivity index (χ1n) is 7.11. The molecule has 0 saturated carbocycles. The number of hydrogen-bond donors (Lipinski definition) is 2. The van der Waals surface area contributed by atoms with Gasteiger partial charge in [0.1, 0.15) is 23.9 Å². The molecule has 0 heterocycles. The van der Waals surface area contributed by atoms with Crippen LogP contribution in [0.2, 0.25) is 0 Å². The molecule has 128 valence electrons. The Morgan fingerprint density at radius 1 is 1.12 bits per heavy atom. The van der Waals surface area contributed by atoms with Crippen LogP contribution < -0.4 is 14.8 Å². The molecule has 2 aromatic rings. The van der Waals surface area contributed by atoms with E-state index in [4.69, 9.17) is 4.74 Å². The summed E-state index contributed by atoms with van der Waals surface area (Å²) in [4.78, 5) is 11.7. The Morgan fingerprint density at radius 2 is 1.79 bits per heavy atom. The summed E-state index contributed by atoms with van der Waals surface area (Å²) < 4.78 is 44.7. The molecule has 6 nitrogen and oxygen atoms in total. The molecule has 0 aromatic heterocycles. The molecule has 24 heavy (non-hydrogen) atoms. The van der Waals surface area contributed by atoms with Crippen LogP contribution in [-0.2, 0) is 10.0 Å². The minimum atomic E-state index is -3.71. The zero-order valence-corrected chi connectivity index (χ0v) is 13.8. The van der Waals surface area contributed by atoms with E-state index in [0.717, 1.165) is 0 Å². The number of halogens is 1. The van der Waals surface area contributed by atoms with Gasteiger partial charge in [-0.25, -0.2) is 12.8 Å². The van der Waals surface area contributed by atoms with Crippen LogP contribution in [0.4, 0.5) is 10.1 Å². The second-order valence-electron chi connectivity index (χ2n) is 4.85. The van der Waals surface area contributed by atoms with Gasteiger partial charge < -0.3 is 10.1 Å². The molecule has 0 fully saturated rings. The Balaban J connectivity index is 1.99. The van der Waals surface area contributed by atoms with Crippen LogP contribution in [0.3, 0.4) is 0 Å². The lowest BCUT2D eigenvalue weighted by molar-refractivity contribution is 0.0964. The second-order valence-corrected chi connectivity index (χ2v) is 6.69. The van der Waals surface area contributed by atoms with Gasteiger partial charge in [-0.1, -0.05) is 12.1 Å². The van der Waals surface area contributed by atoms with Crippen LogP contribution in [0, 0.1) is 5.82 Å². The van der Waals surface area contributed by atoms with Gasteiger partial charge in [0.2, 0.25) is 10.0 Å². The zero-order chi connectivity index (χ0) is 17.6. The molecular weight excluding hydrogens is 335 g/mol. The fourth-order valence-electron chi connectivity index (χ4n) is 1.92. The van der Waals surface area contributed by atoms with Gasteiger partial charge >= 0.3 is 0 Å². The van der Waals surface area contributed by atoms with Gasteiger partial charge in [-0.05, 0) is 36.4 Å². The number of carbonyl (C=O) groups excluding carboxylic acids is 1. The Labute approximate surface area is 139 Å². The van der Waals surface area contributed by atoms with E-state index in [2.05, 4.69) is 10.0 Å². The van der Waals surface area contributed by atoms with Gasteiger partial charge in [0, 0.05) is 7.05 Å². The third-order valence-corrected chi connectivity index (χ3v) is 4.33. The minimum absolute atomic E-state index is 0.108. The van der Waals surface area contributed by atoms with Crippen molar-refractivity contribution in [3.63, 3.8) is 0 Å². The number of carbonyl (C=O) groups is 1. The van der Waals surface area contributed by atoms with Crippen molar-refractivity contribution >= 4 is 21.6 Å². The van der Waals surface area contributed by atoms with E-state index < -0.39 is 21.7 Å². The van der Waals surface area contributed by atoms with Crippen molar-refractivity contribution in [2.45, 2.75) is 0 Å².